The molecule has 308 valence electrons. The van der Waals surface area contributed by atoms with Crippen LogP contribution in [0.25, 0.3) is 104 Å². The van der Waals surface area contributed by atoms with Crippen molar-refractivity contribution >= 4 is 76.7 Å². The lowest BCUT2D eigenvalue weighted by atomic mass is 9.95. The second kappa shape index (κ2) is 15.5. The molecule has 2 heteroatoms. The van der Waals surface area contributed by atoms with Crippen molar-refractivity contribution in [3.8, 4) is 44.5 Å². The van der Waals surface area contributed by atoms with Gasteiger partial charge in [-0.15, -0.1) is 0 Å². The molecule has 2 heterocycles. The van der Waals surface area contributed by atoms with Crippen molar-refractivity contribution in [3.05, 3.63) is 255 Å². The summed E-state index contributed by atoms with van der Waals surface area (Å²) in [5, 5.41) is 10.0. The molecule has 2 nitrogen and oxygen atoms in total. The molecular formula is C64H42N2. The van der Waals surface area contributed by atoms with Crippen molar-refractivity contribution in [1.82, 2.24) is 4.40 Å². The van der Waals surface area contributed by atoms with Crippen molar-refractivity contribution in [1.29, 1.82) is 0 Å². The van der Waals surface area contributed by atoms with Gasteiger partial charge in [-0.2, -0.15) is 0 Å². The van der Waals surface area contributed by atoms with Crippen LogP contribution in [0.3, 0.4) is 0 Å². The molecule has 0 amide bonds. The first-order valence-corrected chi connectivity index (χ1v) is 22.8. The Bertz CT molecular complexity index is 3820. The van der Waals surface area contributed by atoms with Crippen LogP contribution in [0.15, 0.2) is 255 Å². The molecule has 13 rings (SSSR count). The third kappa shape index (κ3) is 6.18. The van der Waals surface area contributed by atoms with Gasteiger partial charge in [0.1, 0.15) is 0 Å². The minimum absolute atomic E-state index is 1.09. The molecular weight excluding hydrogens is 797 g/mol. The predicted molar refractivity (Wildman–Crippen MR) is 281 cm³/mol. The number of anilines is 3. The number of rotatable bonds is 7. The summed E-state index contributed by atoms with van der Waals surface area (Å²) in [5.74, 6) is 0. The SMILES string of the molecule is c1ccc(-c2c3ccccc3n3c4ccccc4c4cc(-c5ccc(N(c6ccc(-c7cccc8ccccc78)cc6)c6ccc(-c7cccc8ccccc78)cc6)cc5)ccc4c23)cc1. The van der Waals surface area contributed by atoms with Crippen molar-refractivity contribution in [2.24, 2.45) is 0 Å². The topological polar surface area (TPSA) is 7.65 Å². The van der Waals surface area contributed by atoms with E-state index in [2.05, 4.69) is 264 Å². The van der Waals surface area contributed by atoms with Crippen LogP contribution in [-0.2, 0) is 0 Å². The zero-order valence-corrected chi connectivity index (χ0v) is 36.1. The maximum absolute atomic E-state index is 2.47. The molecule has 13 aromatic rings. The average Bonchev–Trinajstić information content (AvgIpc) is 3.75. The Morgan fingerprint density at radius 3 is 1.27 bits per heavy atom. The number of fused-ring (bicyclic) bond motifs is 10. The molecule has 0 spiro atoms. The second-order valence-corrected chi connectivity index (χ2v) is 17.2. The maximum Gasteiger partial charge on any atom is 0.0625 e. The molecule has 0 unspecified atom stereocenters. The largest absolute Gasteiger partial charge is 0.311 e. The number of pyridine rings is 1. The molecule has 0 bridgehead atoms. The van der Waals surface area contributed by atoms with E-state index in [1.807, 2.05) is 0 Å². The van der Waals surface area contributed by atoms with Gasteiger partial charge in [0.15, 0.2) is 0 Å². The third-order valence-electron chi connectivity index (χ3n) is 13.6. The summed E-state index contributed by atoms with van der Waals surface area (Å²) in [5.41, 5.74) is 16.7. The van der Waals surface area contributed by atoms with Crippen LogP contribution in [0, 0.1) is 0 Å². The van der Waals surface area contributed by atoms with Crippen LogP contribution < -0.4 is 4.90 Å². The Kier molecular flexibility index (Phi) is 8.89. The summed E-state index contributed by atoms with van der Waals surface area (Å²) < 4.78 is 2.47. The van der Waals surface area contributed by atoms with Crippen LogP contribution in [0.4, 0.5) is 17.1 Å². The monoisotopic (exact) mass is 838 g/mol. The van der Waals surface area contributed by atoms with Gasteiger partial charge >= 0.3 is 0 Å². The first-order valence-electron chi connectivity index (χ1n) is 22.8. The van der Waals surface area contributed by atoms with Gasteiger partial charge < -0.3 is 9.30 Å². The molecule has 0 fully saturated rings. The fourth-order valence-corrected chi connectivity index (χ4v) is 10.5. The minimum atomic E-state index is 1.09. The first kappa shape index (κ1) is 37.8. The zero-order valence-electron chi connectivity index (χ0n) is 36.1. The van der Waals surface area contributed by atoms with Crippen LogP contribution >= 0.6 is 0 Å². The molecule has 0 saturated carbocycles. The Morgan fingerprint density at radius 1 is 0.258 bits per heavy atom. The zero-order chi connectivity index (χ0) is 43.6. The van der Waals surface area contributed by atoms with Gasteiger partial charge in [-0.3, -0.25) is 0 Å². The highest BCUT2D eigenvalue weighted by molar-refractivity contribution is 6.22. The predicted octanol–water partition coefficient (Wildman–Crippen LogP) is 17.8. The Morgan fingerprint density at radius 2 is 0.697 bits per heavy atom. The molecule has 2 aromatic heterocycles. The van der Waals surface area contributed by atoms with E-state index in [-0.39, 0.29) is 0 Å². The molecule has 0 aliphatic rings. The van der Waals surface area contributed by atoms with E-state index >= 15 is 0 Å². The van der Waals surface area contributed by atoms with E-state index in [0.29, 0.717) is 0 Å². The van der Waals surface area contributed by atoms with Crippen LogP contribution in [0.5, 0.6) is 0 Å². The molecule has 0 aliphatic carbocycles. The van der Waals surface area contributed by atoms with Gasteiger partial charge in [-0.25, -0.2) is 0 Å². The van der Waals surface area contributed by atoms with E-state index in [1.54, 1.807) is 0 Å². The summed E-state index contributed by atoms with van der Waals surface area (Å²) in [4.78, 5) is 2.37. The smallest absolute Gasteiger partial charge is 0.0625 e. The van der Waals surface area contributed by atoms with Gasteiger partial charge in [0.2, 0.25) is 0 Å². The molecule has 0 saturated heterocycles. The van der Waals surface area contributed by atoms with Crippen LogP contribution in [0.1, 0.15) is 0 Å². The summed E-state index contributed by atoms with van der Waals surface area (Å²) >= 11 is 0. The quantitative estimate of drug-likeness (QED) is 0.145. The van der Waals surface area contributed by atoms with Crippen LogP contribution in [-0.4, -0.2) is 4.40 Å². The number of hydrogen-bond acceptors (Lipinski definition) is 1. The minimum Gasteiger partial charge on any atom is -0.311 e. The van der Waals surface area contributed by atoms with E-state index in [0.717, 1.165) is 17.1 Å². The van der Waals surface area contributed by atoms with Crippen molar-refractivity contribution < 1.29 is 0 Å². The van der Waals surface area contributed by atoms with Crippen molar-refractivity contribution in [3.63, 3.8) is 0 Å². The van der Waals surface area contributed by atoms with Gasteiger partial charge in [0, 0.05) is 38.8 Å². The maximum atomic E-state index is 2.47. The average molecular weight is 839 g/mol. The Balaban J connectivity index is 0.929. The fraction of sp³-hybridized carbons (Fsp3) is 0. The first-order chi connectivity index (χ1) is 32.7. The van der Waals surface area contributed by atoms with Gasteiger partial charge in [0.05, 0.1) is 16.6 Å². The molecule has 0 radical (unpaired) electrons. The van der Waals surface area contributed by atoms with Gasteiger partial charge in [-0.05, 0) is 120 Å². The standard InChI is InChI=1S/C64H42N2/c1-2-16-48(17-3-1)63-59-23-9-11-27-62(59)66-61-26-10-8-22-57(61)60-42-49(34-41-58(60)64(63)66)43-28-35-50(36-29-43)65(51-37-30-46(31-38-51)55-24-12-18-44-14-4-6-20-53(44)55)52-39-32-47(33-40-52)56-25-13-19-45-15-5-7-21-54(45)56/h1-42H. The van der Waals surface area contributed by atoms with Gasteiger partial charge in [0.25, 0.3) is 0 Å². The third-order valence-corrected chi connectivity index (χ3v) is 13.6. The fourth-order valence-electron chi connectivity index (χ4n) is 10.5. The lowest BCUT2D eigenvalue weighted by molar-refractivity contribution is 1.28. The molecule has 66 heavy (non-hydrogen) atoms. The highest BCUT2D eigenvalue weighted by Gasteiger charge is 2.20. The van der Waals surface area contributed by atoms with Crippen molar-refractivity contribution in [2.75, 3.05) is 4.90 Å². The Labute approximate surface area is 383 Å². The molecule has 0 atom stereocenters. The second-order valence-electron chi connectivity index (χ2n) is 17.2. The molecule has 0 aliphatic heterocycles. The summed E-state index contributed by atoms with van der Waals surface area (Å²) in [7, 11) is 0. The van der Waals surface area contributed by atoms with E-state index in [4.69, 9.17) is 0 Å². The number of nitrogens with zero attached hydrogens (tertiary/aromatic N) is 2. The highest BCUT2D eigenvalue weighted by atomic mass is 15.1. The lowest BCUT2D eigenvalue weighted by Crippen LogP contribution is -2.09. The number of hydrogen-bond donors (Lipinski definition) is 0. The summed E-state index contributed by atoms with van der Waals surface area (Å²) in [6, 6.07) is 93.1. The van der Waals surface area contributed by atoms with E-state index in [1.165, 1.54) is 104 Å². The lowest BCUT2D eigenvalue weighted by Gasteiger charge is -2.26. The summed E-state index contributed by atoms with van der Waals surface area (Å²) in [6.07, 6.45) is 0. The van der Waals surface area contributed by atoms with E-state index in [9.17, 15) is 0 Å². The summed E-state index contributed by atoms with van der Waals surface area (Å²) in [6.45, 7) is 0. The number of para-hydroxylation sites is 2. The van der Waals surface area contributed by atoms with Crippen molar-refractivity contribution in [2.45, 2.75) is 0 Å². The van der Waals surface area contributed by atoms with Gasteiger partial charge in [-0.1, -0.05) is 200 Å². The number of aromatic nitrogens is 1. The normalized spacial score (nSPS) is 11.6. The van der Waals surface area contributed by atoms with Crippen LogP contribution in [0.2, 0.25) is 0 Å². The number of benzene rings is 11. The Hall–Kier alpha value is -8.72. The molecule has 11 aromatic carbocycles. The molecule has 0 N–H and O–H groups in total. The highest BCUT2D eigenvalue weighted by Crippen LogP contribution is 2.44. The van der Waals surface area contributed by atoms with E-state index < -0.39 is 0 Å².